The van der Waals surface area contributed by atoms with Crippen LogP contribution in [-0.4, -0.2) is 44.9 Å². The van der Waals surface area contributed by atoms with Crippen LogP contribution >= 0.6 is 0 Å². The number of carbonyl (C=O) groups is 3. The maximum atomic E-state index is 13.6. The van der Waals surface area contributed by atoms with Crippen molar-refractivity contribution < 1.29 is 23.5 Å². The van der Waals surface area contributed by atoms with Crippen LogP contribution in [0.15, 0.2) is 53.2 Å². The second-order valence-corrected chi connectivity index (χ2v) is 7.91. The summed E-state index contributed by atoms with van der Waals surface area (Å²) >= 11 is 0. The van der Waals surface area contributed by atoms with Crippen LogP contribution in [0, 0.1) is 6.92 Å². The molecule has 1 aliphatic heterocycles. The normalized spacial score (nSPS) is 17.7. The van der Waals surface area contributed by atoms with Gasteiger partial charge in [-0.1, -0.05) is 30.3 Å². The zero-order chi connectivity index (χ0) is 22.9. The standard InChI is InChI=1S/C23H24N4O5/c1-15-9-10-17(32-15)12-27-20(28)19-18(21(29)31-3)25-14-26(19)13-23(27,2)22(30)24-11-16-7-5-4-6-8-16/h4-10,14H,11-13H2,1-3H3,(H,24,30). The van der Waals surface area contributed by atoms with Crippen LogP contribution in [0.3, 0.4) is 0 Å². The lowest BCUT2D eigenvalue weighted by atomic mass is 9.94. The molecule has 2 aromatic heterocycles. The van der Waals surface area contributed by atoms with E-state index in [9.17, 15) is 14.4 Å². The number of hydrogen-bond acceptors (Lipinski definition) is 6. The van der Waals surface area contributed by atoms with Gasteiger partial charge in [-0.3, -0.25) is 9.59 Å². The number of methoxy groups -OCH3 is 1. The fourth-order valence-corrected chi connectivity index (χ4v) is 3.88. The Morgan fingerprint density at radius 2 is 1.97 bits per heavy atom. The Morgan fingerprint density at radius 3 is 2.62 bits per heavy atom. The number of nitrogens with one attached hydrogen (secondary N) is 1. The number of furan rings is 1. The summed E-state index contributed by atoms with van der Waals surface area (Å²) in [5, 5.41) is 2.93. The molecule has 9 heteroatoms. The van der Waals surface area contributed by atoms with Gasteiger partial charge in [-0.15, -0.1) is 0 Å². The van der Waals surface area contributed by atoms with Crippen molar-refractivity contribution in [2.45, 2.75) is 39.0 Å². The molecule has 0 radical (unpaired) electrons. The molecule has 1 N–H and O–H groups in total. The molecule has 4 rings (SSSR count). The van der Waals surface area contributed by atoms with Crippen LogP contribution in [0.5, 0.6) is 0 Å². The number of esters is 1. The van der Waals surface area contributed by atoms with Gasteiger partial charge in [-0.05, 0) is 31.5 Å². The monoisotopic (exact) mass is 436 g/mol. The highest BCUT2D eigenvalue weighted by molar-refractivity contribution is 6.06. The molecule has 3 heterocycles. The lowest BCUT2D eigenvalue weighted by Gasteiger charge is -2.43. The summed E-state index contributed by atoms with van der Waals surface area (Å²) in [5.41, 5.74) is -0.289. The van der Waals surface area contributed by atoms with E-state index in [1.165, 1.54) is 22.9 Å². The van der Waals surface area contributed by atoms with Crippen LogP contribution in [0.4, 0.5) is 0 Å². The number of ether oxygens (including phenoxy) is 1. The first-order valence-electron chi connectivity index (χ1n) is 10.2. The number of aryl methyl sites for hydroxylation is 1. The summed E-state index contributed by atoms with van der Waals surface area (Å²) < 4.78 is 12.0. The van der Waals surface area contributed by atoms with Gasteiger partial charge in [0, 0.05) is 6.54 Å². The summed E-state index contributed by atoms with van der Waals surface area (Å²) in [6.45, 7) is 4.01. The van der Waals surface area contributed by atoms with E-state index in [1.54, 1.807) is 26.0 Å². The molecule has 1 unspecified atom stereocenters. The Kier molecular flexibility index (Phi) is 5.56. The molecule has 2 amide bonds. The average Bonchev–Trinajstić information content (AvgIpc) is 3.40. The molecule has 0 fully saturated rings. The summed E-state index contributed by atoms with van der Waals surface area (Å²) in [5.74, 6) is -0.305. The predicted molar refractivity (Wildman–Crippen MR) is 114 cm³/mol. The molecule has 3 aromatic rings. The van der Waals surface area contributed by atoms with Crippen molar-refractivity contribution in [1.82, 2.24) is 19.8 Å². The SMILES string of the molecule is COC(=O)c1ncn2c1C(=O)N(Cc1ccc(C)o1)C(C)(C(=O)NCc1ccccc1)C2. The van der Waals surface area contributed by atoms with E-state index in [0.717, 1.165) is 5.56 Å². The van der Waals surface area contributed by atoms with E-state index >= 15 is 0 Å². The zero-order valence-electron chi connectivity index (χ0n) is 18.1. The van der Waals surface area contributed by atoms with Crippen LogP contribution in [0.1, 0.15) is 45.0 Å². The van der Waals surface area contributed by atoms with Gasteiger partial charge in [-0.25, -0.2) is 9.78 Å². The highest BCUT2D eigenvalue weighted by Gasteiger charge is 2.49. The number of fused-ring (bicyclic) bond motifs is 1. The first-order chi connectivity index (χ1) is 15.3. The third-order valence-corrected chi connectivity index (χ3v) is 5.63. The minimum Gasteiger partial charge on any atom is -0.464 e. The van der Waals surface area contributed by atoms with E-state index in [-0.39, 0.29) is 30.4 Å². The molecule has 0 spiro atoms. The summed E-state index contributed by atoms with van der Waals surface area (Å²) in [4.78, 5) is 44.6. The average molecular weight is 436 g/mol. The van der Waals surface area contributed by atoms with Crippen molar-refractivity contribution in [3.8, 4) is 0 Å². The smallest absolute Gasteiger partial charge is 0.359 e. The van der Waals surface area contributed by atoms with E-state index in [4.69, 9.17) is 9.15 Å². The molecule has 1 atom stereocenters. The van der Waals surface area contributed by atoms with Gasteiger partial charge in [0.05, 0.1) is 26.5 Å². The molecule has 0 bridgehead atoms. The predicted octanol–water partition coefficient (Wildman–Crippen LogP) is 2.30. The zero-order valence-corrected chi connectivity index (χ0v) is 18.1. The van der Waals surface area contributed by atoms with Crippen molar-refractivity contribution in [3.63, 3.8) is 0 Å². The molecule has 1 aromatic carbocycles. The minimum atomic E-state index is -1.24. The Balaban J connectivity index is 1.69. The van der Waals surface area contributed by atoms with Crippen LogP contribution < -0.4 is 5.32 Å². The van der Waals surface area contributed by atoms with Crippen molar-refractivity contribution in [2.24, 2.45) is 0 Å². The molecule has 0 saturated carbocycles. The third-order valence-electron chi connectivity index (χ3n) is 5.63. The van der Waals surface area contributed by atoms with Crippen molar-refractivity contribution >= 4 is 17.8 Å². The Morgan fingerprint density at radius 1 is 1.22 bits per heavy atom. The summed E-state index contributed by atoms with van der Waals surface area (Å²) in [7, 11) is 1.23. The van der Waals surface area contributed by atoms with Gasteiger partial charge in [0.25, 0.3) is 5.91 Å². The Labute approximate surface area is 185 Å². The first kappa shape index (κ1) is 21.4. The van der Waals surface area contributed by atoms with E-state index in [2.05, 4.69) is 10.3 Å². The number of benzene rings is 1. The van der Waals surface area contributed by atoms with E-state index in [0.29, 0.717) is 18.1 Å². The molecule has 0 aliphatic carbocycles. The quantitative estimate of drug-likeness (QED) is 0.595. The number of nitrogens with zero attached hydrogens (tertiary/aromatic N) is 3. The van der Waals surface area contributed by atoms with Gasteiger partial charge in [0.2, 0.25) is 5.91 Å². The van der Waals surface area contributed by atoms with E-state index in [1.807, 2.05) is 30.3 Å². The first-order valence-corrected chi connectivity index (χ1v) is 10.2. The number of amides is 2. The fourth-order valence-electron chi connectivity index (χ4n) is 3.88. The maximum Gasteiger partial charge on any atom is 0.359 e. The van der Waals surface area contributed by atoms with Gasteiger partial charge in [-0.2, -0.15) is 0 Å². The van der Waals surface area contributed by atoms with Crippen LogP contribution in [-0.2, 0) is 29.2 Å². The third kappa shape index (κ3) is 3.77. The molecule has 9 nitrogen and oxygen atoms in total. The number of imidazole rings is 1. The van der Waals surface area contributed by atoms with E-state index < -0.39 is 17.4 Å². The lowest BCUT2D eigenvalue weighted by molar-refractivity contribution is -0.133. The van der Waals surface area contributed by atoms with Gasteiger partial charge >= 0.3 is 5.97 Å². The molecular weight excluding hydrogens is 412 g/mol. The topological polar surface area (TPSA) is 107 Å². The van der Waals surface area contributed by atoms with Crippen molar-refractivity contribution in [3.05, 3.63) is 77.3 Å². The van der Waals surface area contributed by atoms with Crippen LogP contribution in [0.25, 0.3) is 0 Å². The highest BCUT2D eigenvalue weighted by Crippen LogP contribution is 2.31. The van der Waals surface area contributed by atoms with Gasteiger partial charge in [0.15, 0.2) is 5.69 Å². The number of aromatic nitrogens is 2. The highest BCUT2D eigenvalue weighted by atomic mass is 16.5. The Hall–Kier alpha value is -3.88. The number of carbonyl (C=O) groups excluding carboxylic acids is 3. The molecule has 32 heavy (non-hydrogen) atoms. The number of rotatable bonds is 6. The maximum absolute atomic E-state index is 13.6. The molecular formula is C23H24N4O5. The second-order valence-electron chi connectivity index (χ2n) is 7.91. The molecule has 166 valence electrons. The molecule has 0 saturated heterocycles. The van der Waals surface area contributed by atoms with Gasteiger partial charge in [0.1, 0.15) is 22.8 Å². The fraction of sp³-hybridized carbons (Fsp3) is 0.304. The van der Waals surface area contributed by atoms with Crippen LogP contribution in [0.2, 0.25) is 0 Å². The summed E-state index contributed by atoms with van der Waals surface area (Å²) in [6, 6.07) is 13.1. The largest absolute Gasteiger partial charge is 0.464 e. The molecule has 1 aliphatic rings. The Bertz CT molecular complexity index is 1170. The summed E-state index contributed by atoms with van der Waals surface area (Å²) in [6.07, 6.45) is 1.39. The second kappa shape index (κ2) is 8.33. The number of hydrogen-bond donors (Lipinski definition) is 1. The lowest BCUT2D eigenvalue weighted by Crippen LogP contribution is -2.63. The van der Waals surface area contributed by atoms with Crippen molar-refractivity contribution in [1.29, 1.82) is 0 Å². The van der Waals surface area contributed by atoms with Gasteiger partial charge < -0.3 is 23.9 Å². The van der Waals surface area contributed by atoms with Crippen molar-refractivity contribution in [2.75, 3.05) is 7.11 Å². The minimum absolute atomic E-state index is 0.0632.